The van der Waals surface area contributed by atoms with Crippen molar-refractivity contribution in [2.45, 2.75) is 49.5 Å². The Morgan fingerprint density at radius 3 is 2.19 bits per heavy atom. The zero-order chi connectivity index (χ0) is 19.5. The smallest absolute Gasteiger partial charge is 0.407 e. The van der Waals surface area contributed by atoms with Gasteiger partial charge < -0.3 is 15.3 Å². The fraction of sp³-hybridized carbons (Fsp3) is 0.556. The quantitative estimate of drug-likeness (QED) is 0.813. The molecule has 0 bridgehead atoms. The van der Waals surface area contributed by atoms with Crippen LogP contribution in [0, 0.1) is 0 Å². The lowest BCUT2D eigenvalue weighted by atomic mass is 9.87. The standard InChI is InChI=1S/C18H26N2O5S/c1-4-15(13-5-7-14(8-6-13)26(3,24)25)16(21)19-18(2)9-11-20(12-10-18)17(22)23/h5-8,15H,4,9-12H2,1-3H3,(H,19,21)(H,22,23). The first-order valence-electron chi connectivity index (χ1n) is 8.65. The van der Waals surface area contributed by atoms with Gasteiger partial charge in [0, 0.05) is 24.9 Å². The molecule has 2 amide bonds. The molecule has 2 N–H and O–H groups in total. The summed E-state index contributed by atoms with van der Waals surface area (Å²) in [6.45, 7) is 4.63. The molecule has 26 heavy (non-hydrogen) atoms. The summed E-state index contributed by atoms with van der Waals surface area (Å²) in [7, 11) is -3.27. The summed E-state index contributed by atoms with van der Waals surface area (Å²) in [6, 6.07) is 6.40. The van der Waals surface area contributed by atoms with E-state index in [4.69, 9.17) is 5.11 Å². The van der Waals surface area contributed by atoms with Crippen LogP contribution in [-0.4, -0.2) is 55.3 Å². The van der Waals surface area contributed by atoms with Crippen LogP contribution in [0.1, 0.15) is 44.6 Å². The number of hydrogen-bond donors (Lipinski definition) is 2. The molecule has 0 aliphatic carbocycles. The molecule has 1 atom stereocenters. The normalized spacial score (nSPS) is 18.2. The van der Waals surface area contributed by atoms with Crippen LogP contribution < -0.4 is 5.32 Å². The van der Waals surface area contributed by atoms with Gasteiger partial charge in [0.15, 0.2) is 9.84 Å². The minimum Gasteiger partial charge on any atom is -0.465 e. The van der Waals surface area contributed by atoms with Gasteiger partial charge in [0.2, 0.25) is 5.91 Å². The molecule has 1 saturated heterocycles. The Labute approximate surface area is 154 Å². The third-order valence-electron chi connectivity index (χ3n) is 5.00. The summed E-state index contributed by atoms with van der Waals surface area (Å²) in [5.41, 5.74) is 0.326. The lowest BCUT2D eigenvalue weighted by Gasteiger charge is -2.39. The van der Waals surface area contributed by atoms with Gasteiger partial charge in [0.05, 0.1) is 10.8 Å². The topological polar surface area (TPSA) is 104 Å². The summed E-state index contributed by atoms with van der Waals surface area (Å²) in [5.74, 6) is -0.496. The van der Waals surface area contributed by atoms with Crippen LogP contribution in [0.5, 0.6) is 0 Å². The van der Waals surface area contributed by atoms with Gasteiger partial charge in [-0.2, -0.15) is 0 Å². The minimum atomic E-state index is -3.27. The molecule has 1 fully saturated rings. The van der Waals surface area contributed by atoms with Crippen LogP contribution in [0.4, 0.5) is 4.79 Å². The van der Waals surface area contributed by atoms with Gasteiger partial charge in [-0.25, -0.2) is 13.2 Å². The van der Waals surface area contributed by atoms with Gasteiger partial charge >= 0.3 is 6.09 Å². The Kier molecular flexibility index (Phi) is 5.95. The molecular formula is C18H26N2O5S. The van der Waals surface area contributed by atoms with E-state index in [0.29, 0.717) is 32.4 Å². The second-order valence-electron chi connectivity index (χ2n) is 7.12. The molecule has 1 unspecified atom stereocenters. The third kappa shape index (κ3) is 4.75. The maximum atomic E-state index is 12.8. The second-order valence-corrected chi connectivity index (χ2v) is 9.14. The van der Waals surface area contributed by atoms with Crippen molar-refractivity contribution in [3.63, 3.8) is 0 Å². The van der Waals surface area contributed by atoms with Gasteiger partial charge in [0.25, 0.3) is 0 Å². The van der Waals surface area contributed by atoms with Crippen molar-refractivity contribution < 1.29 is 23.1 Å². The largest absolute Gasteiger partial charge is 0.465 e. The van der Waals surface area contributed by atoms with E-state index >= 15 is 0 Å². The van der Waals surface area contributed by atoms with Gasteiger partial charge in [-0.05, 0) is 43.9 Å². The maximum absolute atomic E-state index is 12.8. The number of sulfone groups is 1. The van der Waals surface area contributed by atoms with E-state index < -0.39 is 21.5 Å². The minimum absolute atomic E-state index is 0.120. The van der Waals surface area contributed by atoms with Crippen molar-refractivity contribution >= 4 is 21.8 Å². The lowest BCUT2D eigenvalue weighted by molar-refractivity contribution is -0.124. The van der Waals surface area contributed by atoms with Gasteiger partial charge in [-0.3, -0.25) is 4.79 Å². The molecule has 7 nitrogen and oxygen atoms in total. The van der Waals surface area contributed by atoms with E-state index in [-0.39, 0.29) is 16.7 Å². The molecule has 1 aliphatic rings. The summed E-state index contributed by atoms with van der Waals surface area (Å²) in [5, 5.41) is 12.1. The average Bonchev–Trinajstić information content (AvgIpc) is 2.55. The molecule has 0 saturated carbocycles. The summed E-state index contributed by atoms with van der Waals surface area (Å²) >= 11 is 0. The summed E-state index contributed by atoms with van der Waals surface area (Å²) < 4.78 is 23.1. The predicted octanol–water partition coefficient (Wildman–Crippen LogP) is 2.23. The van der Waals surface area contributed by atoms with Gasteiger partial charge in [0.1, 0.15) is 0 Å². The number of rotatable bonds is 5. The van der Waals surface area contributed by atoms with Crippen molar-refractivity contribution in [3.8, 4) is 0 Å². The molecule has 1 aromatic carbocycles. The predicted molar refractivity (Wildman–Crippen MR) is 98.0 cm³/mol. The van der Waals surface area contributed by atoms with Gasteiger partial charge in [-0.1, -0.05) is 19.1 Å². The van der Waals surface area contributed by atoms with Gasteiger partial charge in [-0.15, -0.1) is 0 Å². The maximum Gasteiger partial charge on any atom is 0.407 e. The number of hydrogen-bond acceptors (Lipinski definition) is 4. The first-order valence-corrected chi connectivity index (χ1v) is 10.5. The molecular weight excluding hydrogens is 356 g/mol. The van der Waals surface area contributed by atoms with E-state index in [1.165, 1.54) is 17.0 Å². The van der Waals surface area contributed by atoms with Crippen LogP contribution in [0.3, 0.4) is 0 Å². The monoisotopic (exact) mass is 382 g/mol. The van der Waals surface area contributed by atoms with E-state index in [0.717, 1.165) is 11.8 Å². The van der Waals surface area contributed by atoms with Crippen LogP contribution in [0.2, 0.25) is 0 Å². The van der Waals surface area contributed by atoms with Crippen molar-refractivity contribution in [1.82, 2.24) is 10.2 Å². The molecule has 2 rings (SSSR count). The van der Waals surface area contributed by atoms with E-state index in [2.05, 4.69) is 5.32 Å². The Hall–Kier alpha value is -2.09. The fourth-order valence-corrected chi connectivity index (χ4v) is 3.85. The van der Waals surface area contributed by atoms with Crippen LogP contribution in [-0.2, 0) is 14.6 Å². The number of nitrogens with one attached hydrogen (secondary N) is 1. The van der Waals surface area contributed by atoms with Crippen molar-refractivity contribution in [1.29, 1.82) is 0 Å². The molecule has 1 aliphatic heterocycles. The molecule has 0 spiro atoms. The van der Waals surface area contributed by atoms with Crippen LogP contribution in [0.25, 0.3) is 0 Å². The van der Waals surface area contributed by atoms with Crippen molar-refractivity contribution in [2.75, 3.05) is 19.3 Å². The number of nitrogens with zero attached hydrogens (tertiary/aromatic N) is 1. The van der Waals surface area contributed by atoms with Crippen molar-refractivity contribution in [2.24, 2.45) is 0 Å². The number of amides is 2. The van der Waals surface area contributed by atoms with Crippen LogP contribution >= 0.6 is 0 Å². The summed E-state index contributed by atoms with van der Waals surface area (Å²) in [4.78, 5) is 25.4. The first kappa shape index (κ1) is 20.2. The number of benzene rings is 1. The molecule has 144 valence electrons. The highest BCUT2D eigenvalue weighted by Crippen LogP contribution is 2.26. The number of carboxylic acid groups (broad SMARTS) is 1. The number of likely N-dealkylation sites (tertiary alicyclic amines) is 1. The highest BCUT2D eigenvalue weighted by Gasteiger charge is 2.34. The Balaban J connectivity index is 2.08. The SMILES string of the molecule is CCC(C(=O)NC1(C)CCN(C(=O)O)CC1)c1ccc(S(C)(=O)=O)cc1. The second kappa shape index (κ2) is 7.65. The fourth-order valence-electron chi connectivity index (χ4n) is 3.22. The number of carbonyl (C=O) groups excluding carboxylic acids is 1. The van der Waals surface area contributed by atoms with Crippen LogP contribution in [0.15, 0.2) is 29.2 Å². The van der Waals surface area contributed by atoms with Crippen molar-refractivity contribution in [3.05, 3.63) is 29.8 Å². The molecule has 1 aromatic rings. The number of piperidine rings is 1. The molecule has 1 heterocycles. The Morgan fingerprint density at radius 2 is 1.77 bits per heavy atom. The first-order chi connectivity index (χ1) is 12.1. The van der Waals surface area contributed by atoms with E-state index in [1.54, 1.807) is 12.1 Å². The Bertz CT molecular complexity index is 765. The third-order valence-corrected chi connectivity index (χ3v) is 6.13. The summed E-state index contributed by atoms with van der Waals surface area (Å²) in [6.07, 6.45) is 1.93. The van der Waals surface area contributed by atoms with E-state index in [1.807, 2.05) is 13.8 Å². The molecule has 0 aromatic heterocycles. The molecule has 0 radical (unpaired) electrons. The lowest BCUT2D eigenvalue weighted by Crippen LogP contribution is -2.55. The number of carbonyl (C=O) groups is 2. The molecule has 8 heteroatoms. The average molecular weight is 382 g/mol. The zero-order valence-electron chi connectivity index (χ0n) is 15.4. The van der Waals surface area contributed by atoms with E-state index in [9.17, 15) is 18.0 Å². The zero-order valence-corrected chi connectivity index (χ0v) is 16.2. The highest BCUT2D eigenvalue weighted by atomic mass is 32.2. The Morgan fingerprint density at radius 1 is 1.23 bits per heavy atom. The highest BCUT2D eigenvalue weighted by molar-refractivity contribution is 7.90.